The molecule has 7 nitrogen and oxygen atoms in total. The first-order valence-electron chi connectivity index (χ1n) is 4.17. The van der Waals surface area contributed by atoms with Crippen LogP contribution in [0.5, 0.6) is 0 Å². The highest BCUT2D eigenvalue weighted by Gasteiger charge is 2.18. The molecule has 0 bridgehead atoms. The number of amides is 1. The number of fused-ring (bicyclic) bond motifs is 1. The molecule has 0 saturated carbocycles. The summed E-state index contributed by atoms with van der Waals surface area (Å²) in [5, 5.41) is 10.2. The molecule has 0 unspecified atom stereocenters. The Balaban J connectivity index is 2.30. The van der Waals surface area contributed by atoms with E-state index < -0.39 is 0 Å². The lowest BCUT2D eigenvalue weighted by atomic mass is 10.3. The molecule has 0 atom stereocenters. The van der Waals surface area contributed by atoms with Gasteiger partial charge in [0.2, 0.25) is 0 Å². The molecule has 1 aliphatic rings. The van der Waals surface area contributed by atoms with E-state index in [1.807, 2.05) is 0 Å². The van der Waals surface area contributed by atoms with Gasteiger partial charge in [0.1, 0.15) is 5.69 Å². The predicted octanol–water partition coefficient (Wildman–Crippen LogP) is 0.437. The smallest absolute Gasteiger partial charge is 0.269 e. The van der Waals surface area contributed by atoms with Gasteiger partial charge in [0.15, 0.2) is 0 Å². The standard InChI is InChI=1S/C7H8N6O/c8-12-10-4-5-3-6-7(14)9-1-2-13(6)11-5/h3H,1-2,4H2,(H,9,14). The molecule has 1 amide bonds. The highest BCUT2D eigenvalue weighted by Crippen LogP contribution is 2.08. The van der Waals surface area contributed by atoms with E-state index >= 15 is 0 Å². The van der Waals surface area contributed by atoms with Crippen LogP contribution in [0.2, 0.25) is 0 Å². The SMILES string of the molecule is [N-]=[N+]=NCc1cc2n(n1)CCNC2=O. The van der Waals surface area contributed by atoms with Crippen molar-refractivity contribution < 1.29 is 4.79 Å². The topological polar surface area (TPSA) is 95.7 Å². The summed E-state index contributed by atoms with van der Waals surface area (Å²) in [6.07, 6.45) is 0. The van der Waals surface area contributed by atoms with Crippen LogP contribution >= 0.6 is 0 Å². The molecule has 1 N–H and O–H groups in total. The largest absolute Gasteiger partial charge is 0.349 e. The van der Waals surface area contributed by atoms with Crippen molar-refractivity contribution in [2.75, 3.05) is 6.54 Å². The molecule has 1 aliphatic heterocycles. The summed E-state index contributed by atoms with van der Waals surface area (Å²) in [5.74, 6) is -0.129. The minimum Gasteiger partial charge on any atom is -0.349 e. The predicted molar refractivity (Wildman–Crippen MR) is 47.4 cm³/mol. The lowest BCUT2D eigenvalue weighted by Gasteiger charge is -2.13. The first-order valence-corrected chi connectivity index (χ1v) is 4.17. The van der Waals surface area contributed by atoms with Crippen molar-refractivity contribution in [3.05, 3.63) is 27.9 Å². The molecule has 2 heterocycles. The molecule has 0 aromatic carbocycles. The van der Waals surface area contributed by atoms with Gasteiger partial charge < -0.3 is 5.32 Å². The van der Waals surface area contributed by atoms with Crippen molar-refractivity contribution in [2.24, 2.45) is 5.11 Å². The Bertz CT molecular complexity index is 416. The normalized spacial score (nSPS) is 14.1. The van der Waals surface area contributed by atoms with Crippen LogP contribution in [0.3, 0.4) is 0 Å². The van der Waals surface area contributed by atoms with E-state index in [2.05, 4.69) is 20.4 Å². The summed E-state index contributed by atoms with van der Waals surface area (Å²) >= 11 is 0. The van der Waals surface area contributed by atoms with E-state index in [9.17, 15) is 4.79 Å². The third kappa shape index (κ3) is 1.40. The molecule has 72 valence electrons. The number of hydrogen-bond donors (Lipinski definition) is 1. The van der Waals surface area contributed by atoms with Gasteiger partial charge in [-0.25, -0.2) is 0 Å². The summed E-state index contributed by atoms with van der Waals surface area (Å²) in [6, 6.07) is 1.64. The van der Waals surface area contributed by atoms with Crippen molar-refractivity contribution in [1.29, 1.82) is 0 Å². The number of rotatable bonds is 2. The Morgan fingerprint density at radius 3 is 3.36 bits per heavy atom. The lowest BCUT2D eigenvalue weighted by Crippen LogP contribution is -2.35. The van der Waals surface area contributed by atoms with E-state index in [-0.39, 0.29) is 12.5 Å². The Morgan fingerprint density at radius 2 is 2.64 bits per heavy atom. The van der Waals surface area contributed by atoms with Crippen LogP contribution in [0.25, 0.3) is 10.4 Å². The van der Waals surface area contributed by atoms with Crippen molar-refractivity contribution in [2.45, 2.75) is 13.1 Å². The molecular formula is C7H8N6O. The second kappa shape index (κ2) is 3.39. The van der Waals surface area contributed by atoms with Crippen molar-refractivity contribution >= 4 is 5.91 Å². The highest BCUT2D eigenvalue weighted by molar-refractivity contribution is 5.93. The molecule has 2 rings (SSSR count). The first kappa shape index (κ1) is 8.58. The Kier molecular flexibility index (Phi) is 2.08. The zero-order valence-electron chi connectivity index (χ0n) is 7.34. The van der Waals surface area contributed by atoms with E-state index in [1.54, 1.807) is 10.7 Å². The monoisotopic (exact) mass is 192 g/mol. The van der Waals surface area contributed by atoms with Crippen molar-refractivity contribution in [3.63, 3.8) is 0 Å². The van der Waals surface area contributed by atoms with Gasteiger partial charge in [-0.2, -0.15) is 5.10 Å². The van der Waals surface area contributed by atoms with Crippen molar-refractivity contribution in [1.82, 2.24) is 15.1 Å². The Labute approximate surface area is 79.3 Å². The van der Waals surface area contributed by atoms with Crippen LogP contribution in [-0.4, -0.2) is 22.2 Å². The quantitative estimate of drug-likeness (QED) is 0.418. The number of nitrogens with zero attached hydrogens (tertiary/aromatic N) is 5. The Hall–Kier alpha value is -2.01. The molecule has 7 heteroatoms. The summed E-state index contributed by atoms with van der Waals surface area (Å²) in [5.41, 5.74) is 9.27. The van der Waals surface area contributed by atoms with Gasteiger partial charge in [-0.05, 0) is 11.6 Å². The highest BCUT2D eigenvalue weighted by atomic mass is 16.2. The Morgan fingerprint density at radius 1 is 1.79 bits per heavy atom. The second-order valence-corrected chi connectivity index (χ2v) is 2.89. The van der Waals surface area contributed by atoms with Crippen LogP contribution < -0.4 is 5.32 Å². The van der Waals surface area contributed by atoms with Crippen LogP contribution in [0.4, 0.5) is 0 Å². The van der Waals surface area contributed by atoms with Gasteiger partial charge in [0, 0.05) is 11.5 Å². The minimum absolute atomic E-state index is 0.129. The number of azide groups is 1. The van der Waals surface area contributed by atoms with Gasteiger partial charge in [-0.15, -0.1) is 0 Å². The fourth-order valence-corrected chi connectivity index (χ4v) is 1.37. The molecule has 0 saturated heterocycles. The molecule has 0 spiro atoms. The van der Waals surface area contributed by atoms with E-state index in [0.29, 0.717) is 24.5 Å². The lowest BCUT2D eigenvalue weighted by molar-refractivity contribution is 0.0924. The van der Waals surface area contributed by atoms with Gasteiger partial charge >= 0.3 is 0 Å². The maximum absolute atomic E-state index is 11.3. The first-order chi connectivity index (χ1) is 6.81. The number of carbonyl (C=O) groups excluding carboxylic acids is 1. The second-order valence-electron chi connectivity index (χ2n) is 2.89. The van der Waals surface area contributed by atoms with Crippen LogP contribution in [0, 0.1) is 0 Å². The molecule has 14 heavy (non-hydrogen) atoms. The van der Waals surface area contributed by atoms with E-state index in [0.717, 1.165) is 0 Å². The van der Waals surface area contributed by atoms with Gasteiger partial charge in [0.25, 0.3) is 5.91 Å². The molecule has 1 aromatic heterocycles. The molecule has 0 aliphatic carbocycles. The number of nitrogens with one attached hydrogen (secondary N) is 1. The summed E-state index contributed by atoms with van der Waals surface area (Å²) in [6.45, 7) is 1.44. The fraction of sp³-hybridized carbons (Fsp3) is 0.429. The fourth-order valence-electron chi connectivity index (χ4n) is 1.37. The van der Waals surface area contributed by atoms with Crippen LogP contribution in [0.15, 0.2) is 11.2 Å². The summed E-state index contributed by atoms with van der Waals surface area (Å²) in [4.78, 5) is 13.9. The van der Waals surface area contributed by atoms with Crippen LogP contribution in [0.1, 0.15) is 16.2 Å². The van der Waals surface area contributed by atoms with Gasteiger partial charge in [0.05, 0.1) is 18.8 Å². The minimum atomic E-state index is -0.129. The van der Waals surface area contributed by atoms with E-state index in [4.69, 9.17) is 5.53 Å². The number of carbonyl (C=O) groups is 1. The molecule has 0 radical (unpaired) electrons. The number of aromatic nitrogens is 2. The van der Waals surface area contributed by atoms with Gasteiger partial charge in [-0.3, -0.25) is 9.48 Å². The average Bonchev–Trinajstić information content (AvgIpc) is 2.59. The zero-order chi connectivity index (χ0) is 9.97. The van der Waals surface area contributed by atoms with E-state index in [1.165, 1.54) is 0 Å². The third-order valence-corrected chi connectivity index (χ3v) is 1.97. The van der Waals surface area contributed by atoms with Gasteiger partial charge in [-0.1, -0.05) is 5.11 Å². The zero-order valence-corrected chi connectivity index (χ0v) is 7.34. The number of hydrogen-bond acceptors (Lipinski definition) is 3. The maximum Gasteiger partial charge on any atom is 0.269 e. The summed E-state index contributed by atoms with van der Waals surface area (Å²) in [7, 11) is 0. The maximum atomic E-state index is 11.3. The molecule has 1 aromatic rings. The summed E-state index contributed by atoms with van der Waals surface area (Å²) < 4.78 is 1.63. The third-order valence-electron chi connectivity index (χ3n) is 1.97. The van der Waals surface area contributed by atoms with Crippen molar-refractivity contribution in [3.8, 4) is 0 Å². The molecule has 0 fully saturated rings. The average molecular weight is 192 g/mol. The van der Waals surface area contributed by atoms with Crippen LogP contribution in [-0.2, 0) is 13.1 Å². The molecular weight excluding hydrogens is 184 g/mol.